The summed E-state index contributed by atoms with van der Waals surface area (Å²) in [6.07, 6.45) is -4.65. The van der Waals surface area contributed by atoms with Crippen LogP contribution in [0.15, 0.2) is 0 Å². The van der Waals surface area contributed by atoms with Crippen molar-refractivity contribution in [2.45, 2.75) is 37.4 Å². The summed E-state index contributed by atoms with van der Waals surface area (Å²) in [6.45, 7) is 1.11. The number of ether oxygens (including phenoxy) is 1. The average molecular weight is 178 g/mol. The van der Waals surface area contributed by atoms with E-state index >= 15 is 0 Å². The fourth-order valence-electron chi connectivity index (χ4n) is 1.30. The molecule has 0 aliphatic carbocycles. The van der Waals surface area contributed by atoms with E-state index in [0.717, 1.165) is 0 Å². The van der Waals surface area contributed by atoms with Crippen molar-refractivity contribution in [2.24, 2.45) is 0 Å². The molecule has 0 saturated carbocycles. The lowest BCUT2D eigenvalue weighted by Crippen LogP contribution is -2.40. The van der Waals surface area contributed by atoms with Crippen LogP contribution in [-0.4, -0.2) is 57.6 Å². The van der Waals surface area contributed by atoms with Crippen LogP contribution >= 0.6 is 0 Å². The predicted molar refractivity (Wildman–Crippen MR) is 39.4 cm³/mol. The Labute approximate surface area is 70.2 Å². The topological polar surface area (TPSA) is 90.2 Å². The lowest BCUT2D eigenvalue weighted by molar-refractivity contribution is -0.0786. The molecule has 0 aromatic carbocycles. The molecular formula is C7H14O5. The van der Waals surface area contributed by atoms with Crippen LogP contribution in [0.4, 0.5) is 0 Å². The zero-order valence-electron chi connectivity index (χ0n) is 6.79. The summed E-state index contributed by atoms with van der Waals surface area (Å²) in [6, 6.07) is 0. The molecule has 4 N–H and O–H groups in total. The number of rotatable bonds is 2. The molecule has 1 aliphatic heterocycles. The molecule has 5 heteroatoms. The van der Waals surface area contributed by atoms with Crippen LogP contribution in [0.3, 0.4) is 0 Å². The summed E-state index contributed by atoms with van der Waals surface area (Å²) >= 11 is 0. The van der Waals surface area contributed by atoms with Gasteiger partial charge in [0.25, 0.3) is 0 Å². The van der Waals surface area contributed by atoms with Gasteiger partial charge in [-0.25, -0.2) is 0 Å². The average Bonchev–Trinajstić information content (AvgIpc) is 2.32. The third-order valence-electron chi connectivity index (χ3n) is 2.11. The fraction of sp³-hybridized carbons (Fsp3) is 1.00. The van der Waals surface area contributed by atoms with Crippen LogP contribution in [0, 0.1) is 0 Å². The van der Waals surface area contributed by atoms with Gasteiger partial charge in [-0.3, -0.25) is 0 Å². The molecule has 0 radical (unpaired) electrons. The van der Waals surface area contributed by atoms with Crippen LogP contribution in [-0.2, 0) is 4.74 Å². The minimum Gasteiger partial charge on any atom is -0.394 e. The van der Waals surface area contributed by atoms with Crippen molar-refractivity contribution in [1.82, 2.24) is 0 Å². The summed E-state index contributed by atoms with van der Waals surface area (Å²) in [4.78, 5) is 0. The molecule has 12 heavy (non-hydrogen) atoms. The smallest absolute Gasteiger partial charge is 0.115 e. The normalized spacial score (nSPS) is 44.8. The second-order valence-electron chi connectivity index (χ2n) is 3.04. The van der Waals surface area contributed by atoms with Crippen molar-refractivity contribution in [2.75, 3.05) is 6.61 Å². The van der Waals surface area contributed by atoms with Crippen LogP contribution < -0.4 is 0 Å². The molecule has 0 spiro atoms. The molecule has 72 valence electrons. The molecule has 5 nitrogen and oxygen atoms in total. The highest BCUT2D eigenvalue weighted by molar-refractivity contribution is 4.91. The highest BCUT2D eigenvalue weighted by Crippen LogP contribution is 2.22. The fourth-order valence-corrected chi connectivity index (χ4v) is 1.30. The minimum atomic E-state index is -1.14. The molecule has 0 aromatic heterocycles. The van der Waals surface area contributed by atoms with Crippen molar-refractivity contribution >= 4 is 0 Å². The van der Waals surface area contributed by atoms with Crippen molar-refractivity contribution < 1.29 is 25.2 Å². The third-order valence-corrected chi connectivity index (χ3v) is 2.11. The van der Waals surface area contributed by atoms with E-state index in [0.29, 0.717) is 0 Å². The Balaban J connectivity index is 2.58. The molecule has 1 saturated heterocycles. The Bertz CT molecular complexity index is 151. The van der Waals surface area contributed by atoms with Gasteiger partial charge in [0.15, 0.2) is 0 Å². The Kier molecular flexibility index (Phi) is 3.03. The van der Waals surface area contributed by atoms with Crippen LogP contribution in [0.5, 0.6) is 0 Å². The molecular weight excluding hydrogens is 164 g/mol. The molecule has 3 unspecified atom stereocenters. The molecule has 0 aromatic rings. The summed E-state index contributed by atoms with van der Waals surface area (Å²) in [5.74, 6) is 0. The van der Waals surface area contributed by atoms with E-state index < -0.39 is 37.1 Å². The highest BCUT2D eigenvalue weighted by atomic mass is 16.6. The van der Waals surface area contributed by atoms with Gasteiger partial charge in [0.1, 0.15) is 24.4 Å². The first-order chi connectivity index (χ1) is 5.57. The molecule has 5 atom stereocenters. The van der Waals surface area contributed by atoms with E-state index in [-0.39, 0.29) is 0 Å². The van der Waals surface area contributed by atoms with Gasteiger partial charge in [-0.05, 0) is 6.92 Å². The Morgan fingerprint density at radius 1 is 1.33 bits per heavy atom. The largest absolute Gasteiger partial charge is 0.394 e. The van der Waals surface area contributed by atoms with E-state index in [4.69, 9.17) is 14.9 Å². The zero-order chi connectivity index (χ0) is 9.30. The van der Waals surface area contributed by atoms with E-state index in [1.54, 1.807) is 6.92 Å². The highest BCUT2D eigenvalue weighted by Gasteiger charge is 2.43. The van der Waals surface area contributed by atoms with Gasteiger partial charge in [0, 0.05) is 0 Å². The maximum absolute atomic E-state index is 9.28. The number of hydrogen-bond donors (Lipinski definition) is 4. The summed E-state index contributed by atoms with van der Waals surface area (Å²) < 4.78 is 5.03. The molecule has 1 aliphatic rings. The second-order valence-corrected chi connectivity index (χ2v) is 3.04. The number of aliphatic hydroxyl groups is 4. The molecule has 1 fully saturated rings. The van der Waals surface area contributed by atoms with Gasteiger partial charge < -0.3 is 25.2 Å². The van der Waals surface area contributed by atoms with Crippen LogP contribution in [0.2, 0.25) is 0 Å². The minimum absolute atomic E-state index is 0.485. The second kappa shape index (κ2) is 3.68. The Morgan fingerprint density at radius 3 is 2.25 bits per heavy atom. The monoisotopic (exact) mass is 178 g/mol. The molecule has 1 heterocycles. The van der Waals surface area contributed by atoms with Crippen molar-refractivity contribution in [3.05, 3.63) is 0 Å². The summed E-state index contributed by atoms with van der Waals surface area (Å²) in [7, 11) is 0. The first-order valence-electron chi connectivity index (χ1n) is 3.88. The summed E-state index contributed by atoms with van der Waals surface area (Å²) in [5.41, 5.74) is 0. The molecule has 0 bridgehead atoms. The SMILES string of the molecule is CC1O[C@H](C(O)CO)[C@@H](O)C1O. The van der Waals surface area contributed by atoms with E-state index in [9.17, 15) is 10.2 Å². The first kappa shape index (κ1) is 9.88. The quantitative estimate of drug-likeness (QED) is 0.387. The Hall–Kier alpha value is -0.200. The van der Waals surface area contributed by atoms with Gasteiger partial charge in [-0.2, -0.15) is 0 Å². The molecule has 0 amide bonds. The van der Waals surface area contributed by atoms with E-state index in [1.807, 2.05) is 0 Å². The third kappa shape index (κ3) is 1.60. The van der Waals surface area contributed by atoms with E-state index in [1.165, 1.54) is 0 Å². The van der Waals surface area contributed by atoms with E-state index in [2.05, 4.69) is 0 Å². The maximum Gasteiger partial charge on any atom is 0.115 e. The number of hydrogen-bond acceptors (Lipinski definition) is 5. The predicted octanol–water partition coefficient (Wildman–Crippen LogP) is -2.15. The van der Waals surface area contributed by atoms with Crippen LogP contribution in [0.25, 0.3) is 0 Å². The van der Waals surface area contributed by atoms with Gasteiger partial charge >= 0.3 is 0 Å². The van der Waals surface area contributed by atoms with Crippen molar-refractivity contribution in [3.63, 3.8) is 0 Å². The van der Waals surface area contributed by atoms with Gasteiger partial charge in [0.05, 0.1) is 12.7 Å². The van der Waals surface area contributed by atoms with Crippen molar-refractivity contribution in [3.8, 4) is 0 Å². The van der Waals surface area contributed by atoms with Gasteiger partial charge in [0.2, 0.25) is 0 Å². The Morgan fingerprint density at radius 2 is 1.92 bits per heavy atom. The lowest BCUT2D eigenvalue weighted by atomic mass is 10.1. The first-order valence-corrected chi connectivity index (χ1v) is 3.88. The van der Waals surface area contributed by atoms with Crippen LogP contribution in [0.1, 0.15) is 6.92 Å². The van der Waals surface area contributed by atoms with Crippen molar-refractivity contribution in [1.29, 1.82) is 0 Å². The van der Waals surface area contributed by atoms with Gasteiger partial charge in [-0.15, -0.1) is 0 Å². The molecule has 1 rings (SSSR count). The maximum atomic E-state index is 9.28. The summed E-state index contributed by atoms with van der Waals surface area (Å²) in [5, 5.41) is 36.2. The van der Waals surface area contributed by atoms with Gasteiger partial charge in [-0.1, -0.05) is 0 Å². The standard InChI is InChI=1S/C7H14O5/c1-3-5(10)6(11)7(12-3)4(9)2-8/h3-11H,2H2,1H3/t3?,4?,5?,6-,7+/m0/s1. The lowest BCUT2D eigenvalue weighted by Gasteiger charge is -2.18. The zero-order valence-corrected chi connectivity index (χ0v) is 6.79. The number of aliphatic hydroxyl groups excluding tert-OH is 4.